The molecule has 0 aliphatic rings. The molecule has 0 bridgehead atoms. The highest BCUT2D eigenvalue weighted by Gasteiger charge is 2.13. The zero-order valence-corrected chi connectivity index (χ0v) is 11.1. The lowest BCUT2D eigenvalue weighted by atomic mass is 10.0. The summed E-state index contributed by atoms with van der Waals surface area (Å²) in [5, 5.41) is 3.27. The van der Waals surface area contributed by atoms with Crippen LogP contribution in [0.15, 0.2) is 0 Å². The van der Waals surface area contributed by atoms with Crippen molar-refractivity contribution in [3.05, 3.63) is 0 Å². The van der Waals surface area contributed by atoms with E-state index in [1.54, 1.807) is 0 Å². The van der Waals surface area contributed by atoms with Crippen LogP contribution >= 0.6 is 0 Å². The van der Waals surface area contributed by atoms with Gasteiger partial charge in [-0.1, -0.05) is 27.2 Å². The van der Waals surface area contributed by atoms with E-state index in [1.165, 1.54) is 0 Å². The van der Waals surface area contributed by atoms with E-state index < -0.39 is 9.84 Å². The predicted octanol–water partition coefficient (Wildman–Crippen LogP) is 1.84. The van der Waals surface area contributed by atoms with Gasteiger partial charge >= 0.3 is 0 Å². The van der Waals surface area contributed by atoms with Crippen LogP contribution in [0.4, 0.5) is 0 Å². The Morgan fingerprint density at radius 1 is 1.13 bits per heavy atom. The average Bonchev–Trinajstić information content (AvgIpc) is 2.18. The normalized spacial score (nSPS) is 14.1. The maximum absolute atomic E-state index is 11.5. The molecule has 15 heavy (non-hydrogen) atoms. The Morgan fingerprint density at radius 2 is 1.80 bits per heavy atom. The van der Waals surface area contributed by atoms with Gasteiger partial charge < -0.3 is 5.32 Å². The summed E-state index contributed by atoms with van der Waals surface area (Å²) in [6, 6.07) is 0. The molecule has 0 aliphatic carbocycles. The molecule has 1 atom stereocenters. The molecule has 92 valence electrons. The second-order valence-corrected chi connectivity index (χ2v) is 6.33. The quantitative estimate of drug-likeness (QED) is 0.663. The lowest BCUT2D eigenvalue weighted by molar-refractivity contribution is 0.454. The van der Waals surface area contributed by atoms with E-state index in [4.69, 9.17) is 0 Å². The molecule has 0 heterocycles. The number of nitrogens with one attached hydrogen (secondary N) is 1. The van der Waals surface area contributed by atoms with Crippen LogP contribution in [-0.2, 0) is 9.84 Å². The van der Waals surface area contributed by atoms with Crippen molar-refractivity contribution in [1.29, 1.82) is 0 Å². The van der Waals surface area contributed by atoms with Crippen LogP contribution in [0.3, 0.4) is 0 Å². The fourth-order valence-corrected chi connectivity index (χ4v) is 3.08. The molecule has 0 aromatic rings. The molecule has 0 rings (SSSR count). The Morgan fingerprint density at radius 3 is 2.27 bits per heavy atom. The third-order valence-corrected chi connectivity index (χ3v) is 4.50. The first-order valence-corrected chi connectivity index (χ1v) is 7.79. The monoisotopic (exact) mass is 235 g/mol. The molecule has 0 fully saturated rings. The smallest absolute Gasteiger partial charge is 0.150 e. The van der Waals surface area contributed by atoms with Crippen molar-refractivity contribution < 1.29 is 8.42 Å². The van der Waals surface area contributed by atoms with E-state index in [0.717, 1.165) is 32.4 Å². The summed E-state index contributed by atoms with van der Waals surface area (Å²) in [5.74, 6) is 1.19. The van der Waals surface area contributed by atoms with E-state index in [9.17, 15) is 8.42 Å². The fraction of sp³-hybridized carbons (Fsp3) is 1.00. The molecule has 0 aromatic heterocycles. The van der Waals surface area contributed by atoms with E-state index >= 15 is 0 Å². The highest BCUT2D eigenvalue weighted by Crippen LogP contribution is 2.09. The Kier molecular flexibility index (Phi) is 8.06. The molecule has 0 saturated carbocycles. The molecule has 0 aliphatic heterocycles. The minimum absolute atomic E-state index is 0.338. The van der Waals surface area contributed by atoms with Gasteiger partial charge in [-0.2, -0.15) is 0 Å². The molecule has 1 N–H and O–H groups in total. The van der Waals surface area contributed by atoms with Gasteiger partial charge in [0.15, 0.2) is 0 Å². The van der Waals surface area contributed by atoms with Crippen molar-refractivity contribution >= 4 is 9.84 Å². The van der Waals surface area contributed by atoms with Gasteiger partial charge in [-0.15, -0.1) is 0 Å². The van der Waals surface area contributed by atoms with Gasteiger partial charge in [0.25, 0.3) is 0 Å². The van der Waals surface area contributed by atoms with Crippen molar-refractivity contribution in [1.82, 2.24) is 5.32 Å². The van der Waals surface area contributed by atoms with Crippen LogP contribution in [0.1, 0.15) is 40.0 Å². The highest BCUT2D eigenvalue weighted by molar-refractivity contribution is 7.91. The van der Waals surface area contributed by atoms with Crippen LogP contribution in [0.25, 0.3) is 0 Å². The summed E-state index contributed by atoms with van der Waals surface area (Å²) in [7, 11) is -2.79. The largest absolute Gasteiger partial charge is 0.317 e. The molecule has 4 heteroatoms. The topological polar surface area (TPSA) is 46.2 Å². The third-order valence-electron chi connectivity index (χ3n) is 2.61. The first-order chi connectivity index (χ1) is 7.05. The zero-order chi connectivity index (χ0) is 11.7. The van der Waals surface area contributed by atoms with Crippen LogP contribution in [0.2, 0.25) is 0 Å². The van der Waals surface area contributed by atoms with Crippen LogP contribution in [-0.4, -0.2) is 33.0 Å². The summed E-state index contributed by atoms with van der Waals surface area (Å²) in [4.78, 5) is 0. The van der Waals surface area contributed by atoms with Gasteiger partial charge in [0.1, 0.15) is 9.84 Å². The van der Waals surface area contributed by atoms with Gasteiger partial charge in [-0.05, 0) is 31.8 Å². The first kappa shape index (κ1) is 14.9. The van der Waals surface area contributed by atoms with Gasteiger partial charge in [0.2, 0.25) is 0 Å². The number of rotatable bonds is 9. The first-order valence-electron chi connectivity index (χ1n) is 5.96. The maximum Gasteiger partial charge on any atom is 0.150 e. The van der Waals surface area contributed by atoms with Crippen molar-refractivity contribution in [3.8, 4) is 0 Å². The Balaban J connectivity index is 3.89. The summed E-state index contributed by atoms with van der Waals surface area (Å²) >= 11 is 0. The van der Waals surface area contributed by atoms with Crippen molar-refractivity contribution in [2.24, 2.45) is 5.92 Å². The van der Waals surface area contributed by atoms with E-state index in [2.05, 4.69) is 19.2 Å². The summed E-state index contributed by atoms with van der Waals surface area (Å²) in [5.41, 5.74) is 0. The Hall–Kier alpha value is -0.0900. The number of hydrogen-bond acceptors (Lipinski definition) is 3. The number of sulfone groups is 1. The van der Waals surface area contributed by atoms with Crippen molar-refractivity contribution in [3.63, 3.8) is 0 Å². The third kappa shape index (κ3) is 7.79. The summed E-state index contributed by atoms with van der Waals surface area (Å²) in [6.07, 6.45) is 2.58. The average molecular weight is 235 g/mol. The molecule has 0 radical (unpaired) electrons. The van der Waals surface area contributed by atoms with Crippen molar-refractivity contribution in [2.75, 3.05) is 24.6 Å². The lowest BCUT2D eigenvalue weighted by Gasteiger charge is -2.14. The lowest BCUT2D eigenvalue weighted by Crippen LogP contribution is -2.24. The Bertz CT molecular complexity index is 237. The van der Waals surface area contributed by atoms with Gasteiger partial charge in [0, 0.05) is 5.75 Å². The van der Waals surface area contributed by atoms with E-state index in [1.807, 2.05) is 6.92 Å². The highest BCUT2D eigenvalue weighted by atomic mass is 32.2. The predicted molar refractivity (Wildman–Crippen MR) is 65.9 cm³/mol. The van der Waals surface area contributed by atoms with Crippen LogP contribution in [0, 0.1) is 5.92 Å². The molecule has 0 saturated heterocycles. The van der Waals surface area contributed by atoms with Gasteiger partial charge in [-0.3, -0.25) is 0 Å². The Labute approximate surface area is 94.6 Å². The zero-order valence-electron chi connectivity index (χ0n) is 10.3. The molecular weight excluding hydrogens is 210 g/mol. The molecule has 0 spiro atoms. The molecule has 0 amide bonds. The SMILES string of the molecule is CCCS(=O)(=O)CCC(CC)CNCC. The number of hydrogen-bond donors (Lipinski definition) is 1. The van der Waals surface area contributed by atoms with E-state index in [0.29, 0.717) is 17.4 Å². The van der Waals surface area contributed by atoms with Crippen molar-refractivity contribution in [2.45, 2.75) is 40.0 Å². The second-order valence-electron chi connectivity index (χ2n) is 4.02. The molecule has 1 unspecified atom stereocenters. The minimum atomic E-state index is -2.79. The second kappa shape index (κ2) is 8.11. The standard InChI is InChI=1S/C11H25NO2S/c1-4-8-15(13,14)9-7-11(5-2)10-12-6-3/h11-12H,4-10H2,1-3H3. The molecule has 3 nitrogen and oxygen atoms in total. The molecular formula is C11H25NO2S. The fourth-order valence-electron chi connectivity index (χ4n) is 1.56. The van der Waals surface area contributed by atoms with Crippen LogP contribution < -0.4 is 5.32 Å². The maximum atomic E-state index is 11.5. The molecule has 0 aromatic carbocycles. The van der Waals surface area contributed by atoms with Crippen LogP contribution in [0.5, 0.6) is 0 Å². The summed E-state index contributed by atoms with van der Waals surface area (Å²) in [6.45, 7) is 8.00. The van der Waals surface area contributed by atoms with Gasteiger partial charge in [0.05, 0.1) is 5.75 Å². The van der Waals surface area contributed by atoms with E-state index in [-0.39, 0.29) is 0 Å². The van der Waals surface area contributed by atoms with Gasteiger partial charge in [-0.25, -0.2) is 8.42 Å². The minimum Gasteiger partial charge on any atom is -0.317 e. The summed E-state index contributed by atoms with van der Waals surface area (Å²) < 4.78 is 23.0.